The van der Waals surface area contributed by atoms with Gasteiger partial charge in [-0.2, -0.15) is 0 Å². The van der Waals surface area contributed by atoms with Gasteiger partial charge in [0.15, 0.2) is 6.17 Å². The third-order valence-electron chi connectivity index (χ3n) is 9.31. The smallest absolute Gasteiger partial charge is 0.417 e. The number of ether oxygens (including phenoxy) is 3. The first-order chi connectivity index (χ1) is 20.0. The lowest BCUT2D eigenvalue weighted by Crippen LogP contribution is -2.51. The van der Waals surface area contributed by atoms with Crippen LogP contribution >= 0.6 is 0 Å². The third kappa shape index (κ3) is 6.28. The number of hydrogen-bond acceptors (Lipinski definition) is 5. The number of halogens is 2. The number of cyclic esters (lactones) is 1. The number of alkyl halides is 1. The van der Waals surface area contributed by atoms with E-state index in [1.54, 1.807) is 33.1 Å². The van der Waals surface area contributed by atoms with E-state index in [4.69, 9.17) is 14.2 Å². The molecule has 2 aromatic rings. The van der Waals surface area contributed by atoms with Crippen LogP contribution in [0.3, 0.4) is 0 Å². The Morgan fingerprint density at radius 1 is 1.05 bits per heavy atom. The van der Waals surface area contributed by atoms with Gasteiger partial charge >= 0.3 is 6.09 Å². The molecule has 0 spiro atoms. The second kappa shape index (κ2) is 12.2. The summed E-state index contributed by atoms with van der Waals surface area (Å²) in [6, 6.07) is 11.8. The summed E-state index contributed by atoms with van der Waals surface area (Å²) in [5.41, 5.74) is 0.541. The van der Waals surface area contributed by atoms with Crippen LogP contribution in [0.4, 0.5) is 13.6 Å². The molecule has 228 valence electrons. The summed E-state index contributed by atoms with van der Waals surface area (Å²) in [5, 5.41) is 0. The van der Waals surface area contributed by atoms with E-state index >= 15 is 4.39 Å². The minimum absolute atomic E-state index is 0.0376. The molecule has 0 radical (unpaired) electrons. The van der Waals surface area contributed by atoms with Crippen LogP contribution in [-0.4, -0.2) is 48.4 Å². The summed E-state index contributed by atoms with van der Waals surface area (Å²) >= 11 is 0. The van der Waals surface area contributed by atoms with Crippen LogP contribution in [0.15, 0.2) is 42.5 Å². The number of nitrogens with zero attached hydrogens (tertiary/aromatic N) is 1. The number of benzene rings is 2. The first kappa shape index (κ1) is 30.3. The normalized spacial score (nSPS) is 25.2. The number of rotatable bonds is 10. The van der Waals surface area contributed by atoms with Gasteiger partial charge in [-0.15, -0.1) is 0 Å². The highest BCUT2D eigenvalue weighted by molar-refractivity contribution is 5.97. The lowest BCUT2D eigenvalue weighted by molar-refractivity contribution is -0.136. The molecule has 1 aliphatic heterocycles. The maximum Gasteiger partial charge on any atom is 0.417 e. The Hall–Kier alpha value is -3.16. The first-order valence-corrected chi connectivity index (χ1v) is 15.3. The van der Waals surface area contributed by atoms with Crippen molar-refractivity contribution >= 4 is 12.0 Å². The summed E-state index contributed by atoms with van der Waals surface area (Å²) in [7, 11) is 1.59. The van der Waals surface area contributed by atoms with Crippen molar-refractivity contribution in [1.29, 1.82) is 0 Å². The molecule has 1 heterocycles. The summed E-state index contributed by atoms with van der Waals surface area (Å²) in [6.07, 6.45) is 2.64. The summed E-state index contributed by atoms with van der Waals surface area (Å²) in [5.74, 6) is 0.0991. The standard InChI is InChI=1S/C34H43F2NO5/c1-20(2)31-34(3,4)42-33(39)37(31)32(38)30(36)29(23-13-14-23)24-7-6-8-26(17-24)41-19-21-9-11-22(12-10-21)27-18-25(40-5)15-16-28(27)35/h6-8,15-18,20-23,29-31H,9-14,19H2,1-5H3/t21?,22?,29-,30-,31-/m0/s1. The Balaban J connectivity index is 1.23. The van der Waals surface area contributed by atoms with Crippen LogP contribution in [-0.2, 0) is 9.53 Å². The predicted molar refractivity (Wildman–Crippen MR) is 156 cm³/mol. The number of carbonyl (C=O) groups excluding carboxylic acids is 2. The van der Waals surface area contributed by atoms with Gasteiger partial charge in [-0.05, 0) is 118 Å². The van der Waals surface area contributed by atoms with Crippen molar-refractivity contribution in [3.05, 3.63) is 59.4 Å². The van der Waals surface area contributed by atoms with Crippen molar-refractivity contribution in [3.63, 3.8) is 0 Å². The van der Waals surface area contributed by atoms with Gasteiger partial charge in [0, 0.05) is 5.92 Å². The average molecular weight is 584 g/mol. The summed E-state index contributed by atoms with van der Waals surface area (Å²) in [6.45, 7) is 7.86. The van der Waals surface area contributed by atoms with E-state index in [0.29, 0.717) is 35.2 Å². The molecule has 2 aliphatic carbocycles. The molecule has 2 aromatic carbocycles. The molecular formula is C34H43F2NO5. The molecule has 3 fully saturated rings. The second-order valence-electron chi connectivity index (χ2n) is 13.1. The second-order valence-corrected chi connectivity index (χ2v) is 13.1. The van der Waals surface area contributed by atoms with Crippen molar-refractivity contribution in [2.24, 2.45) is 17.8 Å². The number of carbonyl (C=O) groups is 2. The Morgan fingerprint density at radius 2 is 1.76 bits per heavy atom. The lowest BCUT2D eigenvalue weighted by atomic mass is 9.79. The maximum atomic E-state index is 16.1. The molecule has 0 aromatic heterocycles. The number of amides is 2. The van der Waals surface area contributed by atoms with Crippen LogP contribution in [0.2, 0.25) is 0 Å². The van der Waals surface area contributed by atoms with Gasteiger partial charge in [0.25, 0.3) is 5.91 Å². The van der Waals surface area contributed by atoms with E-state index in [0.717, 1.165) is 43.4 Å². The highest BCUT2D eigenvalue weighted by atomic mass is 19.1. The highest BCUT2D eigenvalue weighted by Gasteiger charge is 2.55. The molecule has 0 N–H and O–H groups in total. The maximum absolute atomic E-state index is 16.1. The molecule has 8 heteroatoms. The fourth-order valence-electron chi connectivity index (χ4n) is 7.14. The van der Waals surface area contributed by atoms with E-state index in [1.807, 2.05) is 38.1 Å². The molecule has 0 unspecified atom stereocenters. The zero-order chi connectivity index (χ0) is 30.2. The average Bonchev–Trinajstić information content (AvgIpc) is 3.76. The van der Waals surface area contributed by atoms with E-state index in [1.165, 1.54) is 6.07 Å². The zero-order valence-corrected chi connectivity index (χ0v) is 25.3. The molecule has 3 atom stereocenters. The topological polar surface area (TPSA) is 65.1 Å². The molecule has 2 amide bonds. The molecule has 3 aliphatic rings. The molecule has 42 heavy (non-hydrogen) atoms. The van der Waals surface area contributed by atoms with E-state index in [9.17, 15) is 14.0 Å². The van der Waals surface area contributed by atoms with Gasteiger partial charge in [0.05, 0.1) is 19.8 Å². The molecular weight excluding hydrogens is 540 g/mol. The minimum atomic E-state index is -1.86. The van der Waals surface area contributed by atoms with Gasteiger partial charge in [-0.3, -0.25) is 4.79 Å². The number of hydrogen-bond donors (Lipinski definition) is 0. The van der Waals surface area contributed by atoms with Crippen LogP contribution in [0.5, 0.6) is 11.5 Å². The van der Waals surface area contributed by atoms with Crippen molar-refractivity contribution < 1.29 is 32.6 Å². The largest absolute Gasteiger partial charge is 0.497 e. The Labute approximate surface area is 247 Å². The lowest BCUT2D eigenvalue weighted by Gasteiger charge is -2.32. The Kier molecular flexibility index (Phi) is 8.81. The van der Waals surface area contributed by atoms with Crippen molar-refractivity contribution in [2.45, 2.75) is 95.9 Å². The summed E-state index contributed by atoms with van der Waals surface area (Å²) < 4.78 is 47.6. The van der Waals surface area contributed by atoms with Gasteiger partial charge in [0.1, 0.15) is 22.9 Å². The predicted octanol–water partition coefficient (Wildman–Crippen LogP) is 7.80. The fourth-order valence-corrected chi connectivity index (χ4v) is 7.14. The summed E-state index contributed by atoms with van der Waals surface area (Å²) in [4.78, 5) is 27.2. The Bertz CT molecular complexity index is 1280. The van der Waals surface area contributed by atoms with Gasteiger partial charge < -0.3 is 14.2 Å². The molecule has 1 saturated heterocycles. The SMILES string of the molecule is COc1ccc(F)c(C2CCC(COc3cccc([C@H](C4CC4)[C@H](F)C(=O)N4C(=O)OC(C)(C)[C@@H]4C(C)C)c3)CC2)c1. The van der Waals surface area contributed by atoms with Crippen molar-refractivity contribution in [3.8, 4) is 11.5 Å². The molecule has 2 saturated carbocycles. The van der Waals surface area contributed by atoms with E-state index < -0.39 is 35.7 Å². The number of imide groups is 1. The van der Waals surface area contributed by atoms with Gasteiger partial charge in [-0.25, -0.2) is 18.5 Å². The van der Waals surface area contributed by atoms with Crippen molar-refractivity contribution in [1.82, 2.24) is 4.90 Å². The number of methoxy groups -OCH3 is 1. The zero-order valence-electron chi connectivity index (χ0n) is 25.3. The molecule has 5 rings (SSSR count). The van der Waals surface area contributed by atoms with E-state index in [-0.39, 0.29) is 23.6 Å². The fraction of sp³-hybridized carbons (Fsp3) is 0.588. The minimum Gasteiger partial charge on any atom is -0.497 e. The van der Waals surface area contributed by atoms with Crippen LogP contribution in [0, 0.1) is 23.6 Å². The quantitative estimate of drug-likeness (QED) is 0.286. The van der Waals surface area contributed by atoms with E-state index in [2.05, 4.69) is 0 Å². The van der Waals surface area contributed by atoms with Gasteiger partial charge in [-0.1, -0.05) is 26.0 Å². The van der Waals surface area contributed by atoms with Crippen molar-refractivity contribution in [2.75, 3.05) is 13.7 Å². The third-order valence-corrected chi connectivity index (χ3v) is 9.31. The van der Waals surface area contributed by atoms with Crippen LogP contribution < -0.4 is 9.47 Å². The molecule has 0 bridgehead atoms. The monoisotopic (exact) mass is 583 g/mol. The Morgan fingerprint density at radius 3 is 2.40 bits per heavy atom. The highest BCUT2D eigenvalue weighted by Crippen LogP contribution is 2.47. The van der Waals surface area contributed by atoms with Gasteiger partial charge in [0.2, 0.25) is 0 Å². The first-order valence-electron chi connectivity index (χ1n) is 15.3. The van der Waals surface area contributed by atoms with Crippen LogP contribution in [0.25, 0.3) is 0 Å². The van der Waals surface area contributed by atoms with Crippen LogP contribution in [0.1, 0.15) is 89.2 Å². The molecule has 6 nitrogen and oxygen atoms in total.